The Hall–Kier alpha value is -4.13. The first-order valence-corrected chi connectivity index (χ1v) is 14.2. The molecule has 1 N–H and O–H groups in total. The molecule has 0 aliphatic heterocycles. The number of rotatable bonds is 8. The third-order valence-corrected chi connectivity index (χ3v) is 8.05. The van der Waals surface area contributed by atoms with E-state index in [1.165, 1.54) is 0 Å². The highest BCUT2D eigenvalue weighted by Gasteiger charge is 2.52. The third kappa shape index (κ3) is 5.21. The molecule has 206 valence electrons. The number of carbonyl (C=O) groups excluding carboxylic acids is 1. The molecule has 8 heteroatoms. The highest BCUT2D eigenvalue weighted by molar-refractivity contribution is 6.39. The van der Waals surface area contributed by atoms with Crippen molar-refractivity contribution in [2.24, 2.45) is 0 Å². The Labute approximate surface area is 248 Å². The lowest BCUT2D eigenvalue weighted by molar-refractivity contribution is -0.146. The highest BCUT2D eigenvalue weighted by atomic mass is 35.5. The van der Waals surface area contributed by atoms with Crippen LogP contribution in [0.5, 0.6) is 0 Å². The number of benzene rings is 3. The molecular weight excluding hydrogens is 557 g/mol. The molecular formula is C33H27Cl2N3O3. The van der Waals surface area contributed by atoms with Crippen molar-refractivity contribution in [3.8, 4) is 33.7 Å². The lowest BCUT2D eigenvalue weighted by Crippen LogP contribution is -2.23. The van der Waals surface area contributed by atoms with Crippen molar-refractivity contribution in [1.29, 1.82) is 0 Å². The molecule has 41 heavy (non-hydrogen) atoms. The van der Waals surface area contributed by atoms with Crippen molar-refractivity contribution in [1.82, 2.24) is 10.1 Å². The van der Waals surface area contributed by atoms with Gasteiger partial charge in [0.2, 0.25) is 0 Å². The standard InChI is InChI=1S/C33H27Cl2N3O3/c1-3-40-32(39)33(18-19-33)24-16-14-22(15-17-24)21-10-12-23(13-11-21)31-30(20(2)38-41-31)37-28-9-5-8-27(36-28)29-25(34)6-4-7-26(29)35/h4-17H,3,18-19H2,1-2H3,(H,36,37). The zero-order valence-electron chi connectivity index (χ0n) is 22.6. The Morgan fingerprint density at radius 2 is 1.51 bits per heavy atom. The molecule has 2 aromatic heterocycles. The van der Waals surface area contributed by atoms with E-state index in [4.69, 9.17) is 37.4 Å². The number of aryl methyl sites for hydroxylation is 1. The van der Waals surface area contributed by atoms with Gasteiger partial charge in [-0.15, -0.1) is 0 Å². The molecule has 0 amide bonds. The van der Waals surface area contributed by atoms with Crippen molar-refractivity contribution in [2.75, 3.05) is 11.9 Å². The SMILES string of the molecule is CCOC(=O)C1(c2ccc(-c3ccc(-c4onc(C)c4Nc4cccc(-c5c(Cl)cccc5Cl)n4)cc3)cc2)CC1. The van der Waals surface area contributed by atoms with Crippen LogP contribution in [0.4, 0.5) is 11.5 Å². The number of nitrogens with zero attached hydrogens (tertiary/aromatic N) is 2. The van der Waals surface area contributed by atoms with Gasteiger partial charge in [-0.05, 0) is 67.6 Å². The summed E-state index contributed by atoms with van der Waals surface area (Å²) < 4.78 is 11.0. The van der Waals surface area contributed by atoms with Crippen molar-refractivity contribution < 1.29 is 14.1 Å². The molecule has 6 rings (SSSR count). The van der Waals surface area contributed by atoms with Gasteiger partial charge in [-0.3, -0.25) is 4.79 Å². The average molecular weight is 585 g/mol. The molecule has 1 aliphatic rings. The Balaban J connectivity index is 1.23. The van der Waals surface area contributed by atoms with Gasteiger partial charge in [-0.1, -0.05) is 89.0 Å². The average Bonchev–Trinajstić information content (AvgIpc) is 3.72. The van der Waals surface area contributed by atoms with Crippen molar-refractivity contribution >= 4 is 40.7 Å². The first-order chi connectivity index (χ1) is 19.9. The van der Waals surface area contributed by atoms with E-state index in [1.54, 1.807) is 18.2 Å². The zero-order valence-corrected chi connectivity index (χ0v) is 24.1. The maximum atomic E-state index is 12.5. The lowest BCUT2D eigenvalue weighted by Gasteiger charge is -2.14. The normalized spacial score (nSPS) is 13.6. The second-order valence-electron chi connectivity index (χ2n) is 10.1. The fraction of sp³-hybridized carbons (Fsp3) is 0.182. The van der Waals surface area contributed by atoms with Crippen LogP contribution in [0.15, 0.2) is 89.5 Å². The molecule has 5 aromatic rings. The summed E-state index contributed by atoms with van der Waals surface area (Å²) in [6, 6.07) is 27.3. The lowest BCUT2D eigenvalue weighted by atomic mass is 9.93. The number of esters is 1. The van der Waals surface area contributed by atoms with Gasteiger partial charge in [0.15, 0.2) is 5.76 Å². The molecule has 1 aliphatic carbocycles. The molecule has 3 aromatic carbocycles. The van der Waals surface area contributed by atoms with E-state index in [-0.39, 0.29) is 5.97 Å². The van der Waals surface area contributed by atoms with Crippen LogP contribution in [-0.4, -0.2) is 22.7 Å². The zero-order chi connectivity index (χ0) is 28.6. The van der Waals surface area contributed by atoms with Gasteiger partial charge >= 0.3 is 5.97 Å². The molecule has 0 radical (unpaired) electrons. The van der Waals surface area contributed by atoms with E-state index < -0.39 is 5.41 Å². The predicted octanol–water partition coefficient (Wildman–Crippen LogP) is 9.02. The van der Waals surface area contributed by atoms with E-state index in [0.717, 1.165) is 40.8 Å². The predicted molar refractivity (Wildman–Crippen MR) is 163 cm³/mol. The molecule has 6 nitrogen and oxygen atoms in total. The summed E-state index contributed by atoms with van der Waals surface area (Å²) >= 11 is 12.8. The molecule has 1 saturated carbocycles. The van der Waals surface area contributed by atoms with Gasteiger partial charge in [-0.2, -0.15) is 0 Å². The Morgan fingerprint density at radius 3 is 2.15 bits per heavy atom. The number of hydrogen-bond donors (Lipinski definition) is 1. The fourth-order valence-corrected chi connectivity index (χ4v) is 5.62. The Morgan fingerprint density at radius 1 is 0.902 bits per heavy atom. The summed E-state index contributed by atoms with van der Waals surface area (Å²) in [6.07, 6.45) is 1.67. The van der Waals surface area contributed by atoms with Crippen LogP contribution in [0.3, 0.4) is 0 Å². The number of pyridine rings is 1. The van der Waals surface area contributed by atoms with E-state index >= 15 is 0 Å². The molecule has 0 atom stereocenters. The van der Waals surface area contributed by atoms with E-state index in [9.17, 15) is 4.79 Å². The quantitative estimate of drug-likeness (QED) is 0.183. The van der Waals surface area contributed by atoms with E-state index in [1.807, 2.05) is 68.4 Å². The smallest absolute Gasteiger partial charge is 0.316 e. The van der Waals surface area contributed by atoms with Crippen LogP contribution in [0.2, 0.25) is 10.0 Å². The monoisotopic (exact) mass is 583 g/mol. The summed E-state index contributed by atoms with van der Waals surface area (Å²) in [7, 11) is 0. The van der Waals surface area contributed by atoms with Gasteiger partial charge in [-0.25, -0.2) is 4.98 Å². The van der Waals surface area contributed by atoms with Crippen molar-refractivity contribution in [3.05, 3.63) is 106 Å². The van der Waals surface area contributed by atoms with Gasteiger partial charge < -0.3 is 14.6 Å². The summed E-state index contributed by atoms with van der Waals surface area (Å²) in [5.74, 6) is 1.09. The summed E-state index contributed by atoms with van der Waals surface area (Å²) in [5, 5.41) is 8.63. The minimum Gasteiger partial charge on any atom is -0.465 e. The van der Waals surface area contributed by atoms with Gasteiger partial charge in [0, 0.05) is 11.1 Å². The molecule has 1 fully saturated rings. The minimum atomic E-state index is -0.472. The van der Waals surface area contributed by atoms with Crippen LogP contribution in [-0.2, 0) is 14.9 Å². The fourth-order valence-electron chi connectivity index (χ4n) is 5.03. The van der Waals surface area contributed by atoms with Gasteiger partial charge in [0.05, 0.1) is 27.8 Å². The topological polar surface area (TPSA) is 77.2 Å². The Kier molecular flexibility index (Phi) is 7.28. The Bertz CT molecular complexity index is 1710. The van der Waals surface area contributed by atoms with E-state index in [0.29, 0.717) is 45.2 Å². The second kappa shape index (κ2) is 11.0. The second-order valence-corrected chi connectivity index (χ2v) is 10.9. The summed E-state index contributed by atoms with van der Waals surface area (Å²) in [6.45, 7) is 4.11. The van der Waals surface area contributed by atoms with Crippen LogP contribution in [0.25, 0.3) is 33.7 Å². The molecule has 0 bridgehead atoms. The highest BCUT2D eigenvalue weighted by Crippen LogP contribution is 2.49. The molecule has 0 saturated heterocycles. The first-order valence-electron chi connectivity index (χ1n) is 13.4. The maximum absolute atomic E-state index is 12.5. The number of anilines is 2. The molecule has 2 heterocycles. The molecule has 0 spiro atoms. The minimum absolute atomic E-state index is 0.126. The van der Waals surface area contributed by atoms with Crippen LogP contribution < -0.4 is 5.32 Å². The largest absolute Gasteiger partial charge is 0.465 e. The van der Waals surface area contributed by atoms with Gasteiger partial charge in [0.25, 0.3) is 0 Å². The van der Waals surface area contributed by atoms with Crippen molar-refractivity contribution in [3.63, 3.8) is 0 Å². The third-order valence-electron chi connectivity index (χ3n) is 7.42. The number of hydrogen-bond acceptors (Lipinski definition) is 6. The van der Waals surface area contributed by atoms with Gasteiger partial charge in [0.1, 0.15) is 17.2 Å². The summed E-state index contributed by atoms with van der Waals surface area (Å²) in [4.78, 5) is 17.2. The maximum Gasteiger partial charge on any atom is 0.316 e. The summed E-state index contributed by atoms with van der Waals surface area (Å²) in [5.41, 5.74) is 6.30. The van der Waals surface area contributed by atoms with Crippen molar-refractivity contribution in [2.45, 2.75) is 32.1 Å². The number of halogens is 2. The van der Waals surface area contributed by atoms with E-state index in [2.05, 4.69) is 22.6 Å². The van der Waals surface area contributed by atoms with Crippen LogP contribution in [0, 0.1) is 6.92 Å². The molecule has 0 unspecified atom stereocenters. The number of aromatic nitrogens is 2. The number of ether oxygens (including phenoxy) is 1. The van der Waals surface area contributed by atoms with Crippen LogP contribution >= 0.6 is 23.2 Å². The number of carbonyl (C=O) groups is 1. The number of nitrogens with one attached hydrogen (secondary N) is 1. The first kappa shape index (κ1) is 27.1. The van der Waals surface area contributed by atoms with Crippen LogP contribution in [0.1, 0.15) is 31.0 Å².